The van der Waals surface area contributed by atoms with Crippen molar-refractivity contribution in [1.29, 1.82) is 0 Å². The van der Waals surface area contributed by atoms with E-state index in [1.165, 1.54) is 19.3 Å². The van der Waals surface area contributed by atoms with Crippen LogP contribution < -0.4 is 0 Å². The van der Waals surface area contributed by atoms with Crippen molar-refractivity contribution < 1.29 is 4.39 Å². The summed E-state index contributed by atoms with van der Waals surface area (Å²) in [7, 11) is 0. The normalized spacial score (nSPS) is 20.1. The standard InChI is InChI=1S/C13H16BrF/c14-10-13(8-4-1-5-9-13)11-6-2-3-7-12(11)15/h2-3,6-7H,1,4-5,8-10H2. The number of hydrogen-bond donors (Lipinski definition) is 0. The molecule has 1 saturated carbocycles. The van der Waals surface area contributed by atoms with Gasteiger partial charge in [0.05, 0.1) is 0 Å². The van der Waals surface area contributed by atoms with Gasteiger partial charge in [-0.3, -0.25) is 0 Å². The van der Waals surface area contributed by atoms with Gasteiger partial charge in [0, 0.05) is 10.7 Å². The molecule has 0 amide bonds. The Morgan fingerprint density at radius 1 is 1.13 bits per heavy atom. The Hall–Kier alpha value is -0.370. The molecule has 1 aliphatic rings. The molecule has 0 saturated heterocycles. The van der Waals surface area contributed by atoms with Crippen LogP contribution in [0.2, 0.25) is 0 Å². The SMILES string of the molecule is Fc1ccccc1C1(CBr)CCCCC1. The van der Waals surface area contributed by atoms with Crippen molar-refractivity contribution in [1.82, 2.24) is 0 Å². The number of benzene rings is 1. The molecule has 0 nitrogen and oxygen atoms in total. The molecule has 0 aromatic heterocycles. The predicted molar refractivity (Wildman–Crippen MR) is 65.0 cm³/mol. The van der Waals surface area contributed by atoms with E-state index in [-0.39, 0.29) is 11.2 Å². The molecule has 1 fully saturated rings. The van der Waals surface area contributed by atoms with Crippen LogP contribution in [0.15, 0.2) is 24.3 Å². The highest BCUT2D eigenvalue weighted by Gasteiger charge is 2.34. The molecule has 0 spiro atoms. The second-order valence-corrected chi connectivity index (χ2v) is 5.02. The molecule has 2 heteroatoms. The van der Waals surface area contributed by atoms with Crippen molar-refractivity contribution >= 4 is 15.9 Å². The Bertz CT molecular complexity index is 329. The maximum atomic E-state index is 13.8. The van der Waals surface area contributed by atoms with Gasteiger partial charge in [0.2, 0.25) is 0 Å². The number of alkyl halides is 1. The van der Waals surface area contributed by atoms with Crippen molar-refractivity contribution in [3.8, 4) is 0 Å². The molecule has 0 aliphatic heterocycles. The van der Waals surface area contributed by atoms with E-state index >= 15 is 0 Å². The summed E-state index contributed by atoms with van der Waals surface area (Å²) in [4.78, 5) is 0. The predicted octanol–water partition coefficient (Wildman–Crippen LogP) is 4.42. The van der Waals surface area contributed by atoms with Gasteiger partial charge in [-0.15, -0.1) is 0 Å². The quantitative estimate of drug-likeness (QED) is 0.698. The van der Waals surface area contributed by atoms with E-state index in [2.05, 4.69) is 15.9 Å². The van der Waals surface area contributed by atoms with E-state index in [4.69, 9.17) is 0 Å². The van der Waals surface area contributed by atoms with Crippen molar-refractivity contribution in [2.24, 2.45) is 0 Å². The fourth-order valence-corrected chi connectivity index (χ4v) is 3.46. The minimum absolute atomic E-state index is 0.0427. The second kappa shape index (κ2) is 4.65. The van der Waals surface area contributed by atoms with Gasteiger partial charge < -0.3 is 0 Å². The molecule has 15 heavy (non-hydrogen) atoms. The third-order valence-electron chi connectivity index (χ3n) is 3.51. The van der Waals surface area contributed by atoms with Crippen LogP contribution in [0.25, 0.3) is 0 Å². The molecule has 2 rings (SSSR count). The molecule has 1 aromatic carbocycles. The zero-order valence-corrected chi connectivity index (χ0v) is 10.4. The molecule has 1 aliphatic carbocycles. The fourth-order valence-electron chi connectivity index (χ4n) is 2.59. The molecule has 0 bridgehead atoms. The van der Waals surface area contributed by atoms with Crippen LogP contribution in [0.3, 0.4) is 0 Å². The lowest BCUT2D eigenvalue weighted by atomic mass is 9.71. The van der Waals surface area contributed by atoms with E-state index in [1.54, 1.807) is 12.1 Å². The number of hydrogen-bond acceptors (Lipinski definition) is 0. The minimum atomic E-state index is -0.0427. The molecule has 0 unspecified atom stereocenters. The molecule has 82 valence electrons. The smallest absolute Gasteiger partial charge is 0.126 e. The summed E-state index contributed by atoms with van der Waals surface area (Å²) in [6, 6.07) is 7.23. The summed E-state index contributed by atoms with van der Waals surface area (Å²) >= 11 is 3.57. The van der Waals surface area contributed by atoms with Crippen LogP contribution in [0.5, 0.6) is 0 Å². The van der Waals surface area contributed by atoms with Crippen LogP contribution >= 0.6 is 15.9 Å². The van der Waals surface area contributed by atoms with Gasteiger partial charge in [0.15, 0.2) is 0 Å². The van der Waals surface area contributed by atoms with E-state index in [9.17, 15) is 4.39 Å². The Kier molecular flexibility index (Phi) is 3.45. The molecule has 0 N–H and O–H groups in total. The highest BCUT2D eigenvalue weighted by atomic mass is 79.9. The van der Waals surface area contributed by atoms with Crippen molar-refractivity contribution in [3.63, 3.8) is 0 Å². The third-order valence-corrected chi connectivity index (χ3v) is 4.59. The summed E-state index contributed by atoms with van der Waals surface area (Å²) < 4.78 is 13.8. The van der Waals surface area contributed by atoms with Crippen LogP contribution in [0, 0.1) is 5.82 Å². The monoisotopic (exact) mass is 270 g/mol. The van der Waals surface area contributed by atoms with Gasteiger partial charge in [-0.25, -0.2) is 4.39 Å². The Morgan fingerprint density at radius 3 is 2.40 bits per heavy atom. The molecule has 0 radical (unpaired) electrons. The largest absolute Gasteiger partial charge is 0.207 e. The molecular formula is C13H16BrF. The summed E-state index contributed by atoms with van der Waals surface area (Å²) in [6.45, 7) is 0. The van der Waals surface area contributed by atoms with Gasteiger partial charge in [0.1, 0.15) is 5.82 Å². The molecule has 1 aromatic rings. The number of rotatable bonds is 2. The lowest BCUT2D eigenvalue weighted by Gasteiger charge is -2.36. The van der Waals surface area contributed by atoms with Crippen LogP contribution in [0.1, 0.15) is 37.7 Å². The molecule has 0 atom stereocenters. The Balaban J connectivity index is 2.36. The average molecular weight is 271 g/mol. The summed E-state index contributed by atoms with van der Waals surface area (Å²) in [5.41, 5.74) is 0.949. The van der Waals surface area contributed by atoms with Gasteiger partial charge >= 0.3 is 0 Å². The topological polar surface area (TPSA) is 0 Å². The first-order valence-electron chi connectivity index (χ1n) is 5.59. The van der Waals surface area contributed by atoms with Crippen LogP contribution in [-0.2, 0) is 5.41 Å². The van der Waals surface area contributed by atoms with Gasteiger partial charge in [-0.1, -0.05) is 53.4 Å². The Morgan fingerprint density at radius 2 is 1.80 bits per heavy atom. The van der Waals surface area contributed by atoms with Gasteiger partial charge in [-0.05, 0) is 24.5 Å². The van der Waals surface area contributed by atoms with E-state index in [1.807, 2.05) is 12.1 Å². The first-order chi connectivity index (χ1) is 7.28. The molecular weight excluding hydrogens is 255 g/mol. The first-order valence-corrected chi connectivity index (χ1v) is 6.72. The van der Waals surface area contributed by atoms with E-state index in [0.717, 1.165) is 23.7 Å². The Labute approximate surface area is 99.0 Å². The van der Waals surface area contributed by atoms with Crippen LogP contribution in [0.4, 0.5) is 4.39 Å². The van der Waals surface area contributed by atoms with E-state index < -0.39 is 0 Å². The van der Waals surface area contributed by atoms with Crippen molar-refractivity contribution in [3.05, 3.63) is 35.6 Å². The van der Waals surface area contributed by atoms with Crippen molar-refractivity contribution in [2.45, 2.75) is 37.5 Å². The third kappa shape index (κ3) is 2.10. The summed E-state index contributed by atoms with van der Waals surface area (Å²) in [5.74, 6) is -0.0427. The molecule has 0 heterocycles. The van der Waals surface area contributed by atoms with Gasteiger partial charge in [-0.2, -0.15) is 0 Å². The lowest BCUT2D eigenvalue weighted by Crippen LogP contribution is -2.31. The van der Waals surface area contributed by atoms with Crippen LogP contribution in [-0.4, -0.2) is 5.33 Å². The van der Waals surface area contributed by atoms with Crippen molar-refractivity contribution in [2.75, 3.05) is 5.33 Å². The zero-order chi connectivity index (χ0) is 10.7. The summed E-state index contributed by atoms with van der Waals surface area (Å²) in [6.07, 6.45) is 5.96. The summed E-state index contributed by atoms with van der Waals surface area (Å²) in [5, 5.41) is 0.876. The van der Waals surface area contributed by atoms with E-state index in [0.29, 0.717) is 0 Å². The fraction of sp³-hybridized carbons (Fsp3) is 0.538. The maximum Gasteiger partial charge on any atom is 0.126 e. The highest BCUT2D eigenvalue weighted by molar-refractivity contribution is 9.09. The second-order valence-electron chi connectivity index (χ2n) is 4.45. The highest BCUT2D eigenvalue weighted by Crippen LogP contribution is 2.41. The lowest BCUT2D eigenvalue weighted by molar-refractivity contribution is 0.317. The minimum Gasteiger partial charge on any atom is -0.207 e. The average Bonchev–Trinajstić information content (AvgIpc) is 2.30. The number of halogens is 2. The van der Waals surface area contributed by atoms with Gasteiger partial charge in [0.25, 0.3) is 0 Å². The zero-order valence-electron chi connectivity index (χ0n) is 8.81. The maximum absolute atomic E-state index is 13.8. The first kappa shape index (κ1) is 11.1.